The van der Waals surface area contributed by atoms with E-state index in [0.717, 1.165) is 29.1 Å². The number of hydrogen-bond acceptors (Lipinski definition) is 5. The molecule has 1 amide bonds. The molecule has 4 bridgehead atoms. The number of nitrogens with zero attached hydrogens (tertiary/aromatic N) is 2. The molecule has 31 heavy (non-hydrogen) atoms. The van der Waals surface area contributed by atoms with Crippen molar-refractivity contribution in [1.29, 1.82) is 0 Å². The van der Waals surface area contributed by atoms with Crippen molar-refractivity contribution in [3.8, 4) is 0 Å². The molecule has 0 aliphatic heterocycles. The Balaban J connectivity index is 1.08. The summed E-state index contributed by atoms with van der Waals surface area (Å²) in [6.45, 7) is 1.09. The van der Waals surface area contributed by atoms with E-state index in [2.05, 4.69) is 10.4 Å². The minimum atomic E-state index is -0.440. The fourth-order valence-electron chi connectivity index (χ4n) is 6.57. The van der Waals surface area contributed by atoms with Gasteiger partial charge in [-0.05, 0) is 67.9 Å². The van der Waals surface area contributed by atoms with E-state index in [-0.39, 0.29) is 12.5 Å². The number of carbonyl (C=O) groups is 1. The number of amides is 1. The molecule has 0 saturated heterocycles. The third kappa shape index (κ3) is 3.35. The standard InChI is InChI=1S/C24H27N3O4/c28-21(25-5-6-30-23-16-8-14-7-15(10-16)11-17(23)9-14)13-27-22-18-3-1-2-4-20(18)31-24(29)19(22)12-26-27/h1-4,12,14-17,23H,5-11,13H2,(H,25,28). The molecule has 7 rings (SSSR count). The fourth-order valence-corrected chi connectivity index (χ4v) is 6.57. The van der Waals surface area contributed by atoms with Crippen LogP contribution < -0.4 is 10.9 Å². The maximum Gasteiger partial charge on any atom is 0.347 e. The Labute approximate surface area is 179 Å². The van der Waals surface area contributed by atoms with Crippen LogP contribution in [0.25, 0.3) is 21.9 Å². The summed E-state index contributed by atoms with van der Waals surface area (Å²) < 4.78 is 13.2. The first-order valence-corrected chi connectivity index (χ1v) is 11.4. The van der Waals surface area contributed by atoms with Crippen molar-refractivity contribution >= 4 is 27.8 Å². The number of benzene rings is 1. The van der Waals surface area contributed by atoms with E-state index >= 15 is 0 Å². The average molecular weight is 421 g/mol. The van der Waals surface area contributed by atoms with Crippen molar-refractivity contribution in [2.45, 2.75) is 44.8 Å². The van der Waals surface area contributed by atoms with Gasteiger partial charge in [0, 0.05) is 11.9 Å². The van der Waals surface area contributed by atoms with Crippen LogP contribution in [0.15, 0.2) is 39.7 Å². The van der Waals surface area contributed by atoms with E-state index in [9.17, 15) is 9.59 Å². The fraction of sp³-hybridized carbons (Fsp3) is 0.542. The van der Waals surface area contributed by atoms with Gasteiger partial charge in [0.2, 0.25) is 5.91 Å². The van der Waals surface area contributed by atoms with E-state index < -0.39 is 5.63 Å². The quantitative estimate of drug-likeness (QED) is 0.488. The van der Waals surface area contributed by atoms with Crippen molar-refractivity contribution in [3.05, 3.63) is 40.9 Å². The molecule has 1 aromatic carbocycles. The Morgan fingerprint density at radius 3 is 2.61 bits per heavy atom. The Morgan fingerprint density at radius 1 is 1.10 bits per heavy atom. The molecule has 4 aliphatic rings. The first-order chi connectivity index (χ1) is 15.2. The number of hydrogen-bond donors (Lipinski definition) is 1. The maximum absolute atomic E-state index is 12.5. The molecule has 3 aromatic rings. The SMILES string of the molecule is O=C(Cn1ncc2c(=O)oc3ccccc3c21)NCCOC1C2CC3CC(C2)CC1C3. The Bertz CT molecular complexity index is 1170. The van der Waals surface area contributed by atoms with E-state index in [4.69, 9.17) is 9.15 Å². The molecule has 2 aromatic heterocycles. The van der Waals surface area contributed by atoms with Crippen LogP contribution in [0.5, 0.6) is 0 Å². The van der Waals surface area contributed by atoms with Crippen LogP contribution >= 0.6 is 0 Å². The van der Waals surface area contributed by atoms with Gasteiger partial charge in [-0.2, -0.15) is 5.10 Å². The van der Waals surface area contributed by atoms with Crippen LogP contribution in [0.1, 0.15) is 32.1 Å². The molecule has 2 heterocycles. The van der Waals surface area contributed by atoms with Crippen LogP contribution in [-0.2, 0) is 16.1 Å². The Morgan fingerprint density at radius 2 is 1.84 bits per heavy atom. The van der Waals surface area contributed by atoms with Gasteiger partial charge in [0.15, 0.2) is 0 Å². The zero-order chi connectivity index (χ0) is 20.9. The minimum absolute atomic E-state index is 0.0506. The van der Waals surface area contributed by atoms with Gasteiger partial charge in [-0.1, -0.05) is 12.1 Å². The Kier molecular flexibility index (Phi) is 4.60. The highest BCUT2D eigenvalue weighted by Crippen LogP contribution is 2.54. The van der Waals surface area contributed by atoms with E-state index in [1.807, 2.05) is 18.2 Å². The summed E-state index contributed by atoms with van der Waals surface area (Å²) in [4.78, 5) is 24.8. The van der Waals surface area contributed by atoms with Crippen molar-refractivity contribution < 1.29 is 13.9 Å². The van der Waals surface area contributed by atoms with Gasteiger partial charge >= 0.3 is 5.63 Å². The summed E-state index contributed by atoms with van der Waals surface area (Å²) in [6.07, 6.45) is 8.61. The molecule has 4 aliphatic carbocycles. The summed E-state index contributed by atoms with van der Waals surface area (Å²) >= 11 is 0. The first-order valence-electron chi connectivity index (χ1n) is 11.4. The second kappa shape index (κ2) is 7.48. The average Bonchev–Trinajstić information content (AvgIpc) is 3.17. The third-order valence-corrected chi connectivity index (χ3v) is 7.57. The van der Waals surface area contributed by atoms with Crippen molar-refractivity contribution in [1.82, 2.24) is 15.1 Å². The summed E-state index contributed by atoms with van der Waals surface area (Å²) in [5.41, 5.74) is 0.683. The van der Waals surface area contributed by atoms with Gasteiger partial charge in [-0.15, -0.1) is 0 Å². The lowest BCUT2D eigenvalue weighted by atomic mass is 9.55. The number of ether oxygens (including phenoxy) is 1. The minimum Gasteiger partial charge on any atom is -0.422 e. The molecule has 162 valence electrons. The maximum atomic E-state index is 12.5. The highest BCUT2D eigenvalue weighted by atomic mass is 16.5. The van der Waals surface area contributed by atoms with E-state index in [0.29, 0.717) is 35.7 Å². The lowest BCUT2D eigenvalue weighted by Gasteiger charge is -2.54. The number of nitrogens with one attached hydrogen (secondary N) is 1. The molecule has 0 spiro atoms. The van der Waals surface area contributed by atoms with E-state index in [1.54, 1.807) is 10.7 Å². The summed E-state index contributed by atoms with van der Waals surface area (Å²) in [5.74, 6) is 3.18. The van der Waals surface area contributed by atoms with Crippen LogP contribution in [-0.4, -0.2) is 34.9 Å². The van der Waals surface area contributed by atoms with Gasteiger partial charge in [-0.25, -0.2) is 4.79 Å². The summed E-state index contributed by atoms with van der Waals surface area (Å²) in [6, 6.07) is 7.30. The molecule has 0 unspecified atom stereocenters. The van der Waals surface area contributed by atoms with Crippen LogP contribution in [0.2, 0.25) is 0 Å². The van der Waals surface area contributed by atoms with Crippen molar-refractivity contribution in [2.75, 3.05) is 13.2 Å². The molecule has 7 heteroatoms. The highest BCUT2D eigenvalue weighted by molar-refractivity contribution is 6.02. The smallest absolute Gasteiger partial charge is 0.347 e. The molecular formula is C24H27N3O4. The number of aromatic nitrogens is 2. The largest absolute Gasteiger partial charge is 0.422 e. The Hall–Kier alpha value is -2.67. The van der Waals surface area contributed by atoms with Gasteiger partial charge in [0.1, 0.15) is 17.5 Å². The van der Waals surface area contributed by atoms with Crippen LogP contribution in [0, 0.1) is 23.7 Å². The lowest BCUT2D eigenvalue weighted by Crippen LogP contribution is -2.49. The first kappa shape index (κ1) is 19.0. The number of para-hydroxylation sites is 1. The zero-order valence-corrected chi connectivity index (χ0v) is 17.5. The molecule has 4 fully saturated rings. The number of carbonyl (C=O) groups excluding carboxylic acids is 1. The molecule has 0 atom stereocenters. The number of rotatable bonds is 6. The second-order valence-electron chi connectivity index (χ2n) is 9.57. The van der Waals surface area contributed by atoms with Crippen molar-refractivity contribution in [3.63, 3.8) is 0 Å². The molecular weight excluding hydrogens is 394 g/mol. The van der Waals surface area contributed by atoms with E-state index in [1.165, 1.54) is 38.3 Å². The second-order valence-corrected chi connectivity index (χ2v) is 9.57. The van der Waals surface area contributed by atoms with Crippen LogP contribution in [0.4, 0.5) is 0 Å². The predicted molar refractivity (Wildman–Crippen MR) is 116 cm³/mol. The van der Waals surface area contributed by atoms with Gasteiger partial charge < -0.3 is 14.5 Å². The predicted octanol–water partition coefficient (Wildman–Crippen LogP) is 3.10. The van der Waals surface area contributed by atoms with Crippen molar-refractivity contribution in [2.24, 2.45) is 23.7 Å². The third-order valence-electron chi connectivity index (χ3n) is 7.57. The summed E-state index contributed by atoms with van der Waals surface area (Å²) in [7, 11) is 0. The normalized spacial score (nSPS) is 29.1. The molecule has 1 N–H and O–H groups in total. The molecule has 4 saturated carbocycles. The van der Waals surface area contributed by atoms with Gasteiger partial charge in [0.25, 0.3) is 0 Å². The van der Waals surface area contributed by atoms with Gasteiger partial charge in [0.05, 0.1) is 24.4 Å². The zero-order valence-electron chi connectivity index (χ0n) is 17.5. The topological polar surface area (TPSA) is 86.4 Å². The summed E-state index contributed by atoms with van der Waals surface area (Å²) in [5, 5.41) is 8.36. The molecule has 0 radical (unpaired) electrons. The van der Waals surface area contributed by atoms with Crippen LogP contribution in [0.3, 0.4) is 0 Å². The lowest BCUT2D eigenvalue weighted by molar-refractivity contribution is -0.129. The monoisotopic (exact) mass is 421 g/mol. The number of fused-ring (bicyclic) bond motifs is 3. The highest BCUT2D eigenvalue weighted by Gasteiger charge is 2.48. The van der Waals surface area contributed by atoms with Gasteiger partial charge in [-0.3, -0.25) is 9.48 Å². The molecule has 7 nitrogen and oxygen atoms in total.